The first-order valence-corrected chi connectivity index (χ1v) is 13.0. The molecule has 1 heterocycles. The summed E-state index contributed by atoms with van der Waals surface area (Å²) in [7, 11) is -1.41. The van der Waals surface area contributed by atoms with E-state index < -0.39 is 10.0 Å². The van der Waals surface area contributed by atoms with Crippen molar-refractivity contribution in [2.75, 3.05) is 30.9 Å². The molecule has 1 unspecified atom stereocenters. The van der Waals surface area contributed by atoms with Crippen LogP contribution in [0.4, 0.5) is 22.2 Å². The second-order valence-corrected chi connectivity index (χ2v) is 11.3. The molecule has 2 aromatic rings. The van der Waals surface area contributed by atoms with Crippen molar-refractivity contribution in [3.63, 3.8) is 0 Å². The molecule has 2 rings (SSSR count). The molecule has 172 valence electrons. The molecule has 0 amide bonds. The molecule has 0 bridgehead atoms. The van der Waals surface area contributed by atoms with E-state index in [0.717, 1.165) is 36.6 Å². The summed E-state index contributed by atoms with van der Waals surface area (Å²) in [4.78, 5) is 2.29. The lowest BCUT2D eigenvalue weighted by Gasteiger charge is -2.24. The van der Waals surface area contributed by atoms with Crippen molar-refractivity contribution in [1.82, 2.24) is 10.2 Å². The van der Waals surface area contributed by atoms with Crippen LogP contribution < -0.4 is 4.90 Å². The van der Waals surface area contributed by atoms with Crippen molar-refractivity contribution in [2.45, 2.75) is 59.8 Å². The van der Waals surface area contributed by atoms with E-state index >= 15 is 0 Å². The summed E-state index contributed by atoms with van der Waals surface area (Å²) in [6.45, 7) is 14.2. The first kappa shape index (κ1) is 25.4. The number of azo groups is 1. The Bertz CT molecular complexity index is 988. The Kier molecular flexibility index (Phi) is 9.08. The van der Waals surface area contributed by atoms with Gasteiger partial charge in [-0.25, -0.2) is 4.21 Å². The Hall–Kier alpha value is -1.91. The summed E-state index contributed by atoms with van der Waals surface area (Å²) in [5.74, 6) is 0.281. The van der Waals surface area contributed by atoms with Gasteiger partial charge >= 0.3 is 0 Å². The lowest BCUT2D eigenvalue weighted by atomic mass is 9.98. The second-order valence-electron chi connectivity index (χ2n) is 8.13. The minimum atomic E-state index is -2.83. The van der Waals surface area contributed by atoms with Crippen LogP contribution in [0.5, 0.6) is 0 Å². The fourth-order valence-corrected chi connectivity index (χ4v) is 4.41. The van der Waals surface area contributed by atoms with E-state index in [4.69, 9.17) is 4.18 Å². The van der Waals surface area contributed by atoms with Crippen LogP contribution in [-0.4, -0.2) is 40.4 Å². The largest absolute Gasteiger partial charge is 0.371 e. The highest BCUT2D eigenvalue weighted by Gasteiger charge is 2.19. The Morgan fingerprint density at radius 1 is 1.06 bits per heavy atom. The molecule has 0 spiro atoms. The van der Waals surface area contributed by atoms with E-state index in [9.17, 15) is 4.21 Å². The van der Waals surface area contributed by atoms with Gasteiger partial charge in [-0.2, -0.15) is 4.36 Å². The zero-order valence-electron chi connectivity index (χ0n) is 19.6. The number of hydrogen-bond acceptors (Lipinski definition) is 9. The lowest BCUT2D eigenvalue weighted by molar-refractivity contribution is 0.437. The van der Waals surface area contributed by atoms with Crippen molar-refractivity contribution in [3.8, 4) is 0 Å². The molecular formula is C21H34N6O2S2. The molecule has 31 heavy (non-hydrogen) atoms. The smallest absolute Gasteiger partial charge is 0.251 e. The minimum absolute atomic E-state index is 0.0965. The standard InChI is InChI=1S/C21H34N6O2S2/c1-8-13-27(14-9-2)16-11-12-17(18(15-16)26-31(28,10-3)29-7)22-24-20-25-23-19(30-20)21(4,5)6/h11-12,15H,8-10,13-14H2,1-7H3. The summed E-state index contributed by atoms with van der Waals surface area (Å²) in [5, 5.41) is 18.3. The molecule has 0 saturated carbocycles. The average molecular weight is 467 g/mol. The summed E-state index contributed by atoms with van der Waals surface area (Å²) < 4.78 is 22.5. The van der Waals surface area contributed by atoms with Gasteiger partial charge in [0.2, 0.25) is 0 Å². The molecule has 0 saturated heterocycles. The molecule has 0 aliphatic carbocycles. The predicted molar refractivity (Wildman–Crippen MR) is 130 cm³/mol. The van der Waals surface area contributed by atoms with Crippen LogP contribution in [-0.2, 0) is 19.6 Å². The van der Waals surface area contributed by atoms with Crippen molar-refractivity contribution in [3.05, 3.63) is 23.2 Å². The Morgan fingerprint density at radius 3 is 2.26 bits per heavy atom. The van der Waals surface area contributed by atoms with Crippen molar-refractivity contribution >= 4 is 43.5 Å². The third-order valence-corrected chi connectivity index (χ3v) is 7.43. The Morgan fingerprint density at radius 2 is 1.74 bits per heavy atom. The zero-order valence-corrected chi connectivity index (χ0v) is 21.2. The van der Waals surface area contributed by atoms with Gasteiger partial charge < -0.3 is 4.90 Å². The van der Waals surface area contributed by atoms with Gasteiger partial charge in [0.25, 0.3) is 5.13 Å². The molecule has 0 N–H and O–H groups in total. The normalized spacial score (nSPS) is 14.0. The number of rotatable bonds is 10. The highest BCUT2D eigenvalue weighted by Crippen LogP contribution is 2.36. The molecule has 1 atom stereocenters. The van der Waals surface area contributed by atoms with Gasteiger partial charge in [0.05, 0.1) is 12.9 Å². The van der Waals surface area contributed by atoms with Crippen LogP contribution in [0.25, 0.3) is 0 Å². The molecule has 1 aromatic carbocycles. The molecule has 0 aliphatic heterocycles. The molecule has 8 nitrogen and oxygen atoms in total. The summed E-state index contributed by atoms with van der Waals surface area (Å²) in [6, 6.07) is 5.77. The lowest BCUT2D eigenvalue weighted by Crippen LogP contribution is -2.24. The van der Waals surface area contributed by atoms with Crippen molar-refractivity contribution in [1.29, 1.82) is 0 Å². The molecule has 0 radical (unpaired) electrons. The zero-order chi connectivity index (χ0) is 23.1. The molecular weight excluding hydrogens is 432 g/mol. The van der Waals surface area contributed by atoms with Gasteiger partial charge in [-0.05, 0) is 31.0 Å². The highest BCUT2D eigenvalue weighted by molar-refractivity contribution is 7.89. The van der Waals surface area contributed by atoms with Crippen LogP contribution in [0.3, 0.4) is 0 Å². The second kappa shape index (κ2) is 11.1. The van der Waals surface area contributed by atoms with Crippen molar-refractivity contribution < 1.29 is 8.39 Å². The first-order chi connectivity index (χ1) is 14.7. The Labute approximate surface area is 190 Å². The number of aromatic nitrogens is 2. The van der Waals surface area contributed by atoms with Gasteiger partial charge in [0.1, 0.15) is 16.4 Å². The van der Waals surface area contributed by atoms with Crippen LogP contribution in [0, 0.1) is 0 Å². The maximum absolute atomic E-state index is 12.9. The molecule has 10 heteroatoms. The van der Waals surface area contributed by atoms with Crippen LogP contribution in [0.15, 0.2) is 32.8 Å². The maximum Gasteiger partial charge on any atom is 0.251 e. The van der Waals surface area contributed by atoms with Gasteiger partial charge in [-0.3, -0.25) is 4.18 Å². The first-order valence-electron chi connectivity index (χ1n) is 10.6. The third-order valence-electron chi connectivity index (χ3n) is 4.47. The number of hydrogen-bond donors (Lipinski definition) is 0. The van der Waals surface area contributed by atoms with E-state index in [1.165, 1.54) is 18.4 Å². The van der Waals surface area contributed by atoms with E-state index in [2.05, 4.69) is 64.3 Å². The fraction of sp³-hybridized carbons (Fsp3) is 0.619. The summed E-state index contributed by atoms with van der Waals surface area (Å²) in [6.07, 6.45) is 2.07. The van der Waals surface area contributed by atoms with Crippen LogP contribution >= 0.6 is 11.3 Å². The van der Waals surface area contributed by atoms with Crippen molar-refractivity contribution in [2.24, 2.45) is 14.6 Å². The highest BCUT2D eigenvalue weighted by atomic mass is 32.2. The van der Waals surface area contributed by atoms with Crippen LogP contribution in [0.1, 0.15) is 59.4 Å². The number of nitrogens with zero attached hydrogens (tertiary/aromatic N) is 6. The van der Waals surface area contributed by atoms with Gasteiger partial charge in [0, 0.05) is 24.2 Å². The van der Waals surface area contributed by atoms with E-state index in [1.54, 1.807) is 6.92 Å². The molecule has 1 aromatic heterocycles. The van der Waals surface area contributed by atoms with Gasteiger partial charge in [0.15, 0.2) is 10.0 Å². The fourth-order valence-electron chi connectivity index (χ4n) is 2.80. The summed E-state index contributed by atoms with van der Waals surface area (Å²) in [5.41, 5.74) is 1.93. The van der Waals surface area contributed by atoms with E-state index in [-0.39, 0.29) is 11.2 Å². The number of benzene rings is 1. The van der Waals surface area contributed by atoms with E-state index in [1.807, 2.05) is 18.2 Å². The molecule has 0 fully saturated rings. The summed E-state index contributed by atoms with van der Waals surface area (Å²) >= 11 is 1.41. The van der Waals surface area contributed by atoms with E-state index in [0.29, 0.717) is 16.5 Å². The quantitative estimate of drug-likeness (QED) is 0.370. The number of anilines is 1. The average Bonchev–Trinajstić information content (AvgIpc) is 3.22. The van der Waals surface area contributed by atoms with Gasteiger partial charge in [-0.1, -0.05) is 52.9 Å². The predicted octanol–water partition coefficient (Wildman–Crippen LogP) is 6.56. The minimum Gasteiger partial charge on any atom is -0.371 e. The Balaban J connectivity index is 2.50. The topological polar surface area (TPSA) is 92.4 Å². The SMILES string of the molecule is CCCN(CCC)c1ccc(N=Nc2nnc(C(C)(C)C)s2)c(N=S(=O)(CC)OC)c1. The monoisotopic (exact) mass is 466 g/mol. The van der Waals surface area contributed by atoms with Gasteiger partial charge in [-0.15, -0.1) is 20.4 Å². The molecule has 0 aliphatic rings. The van der Waals surface area contributed by atoms with Crippen LogP contribution in [0.2, 0.25) is 0 Å². The third kappa shape index (κ3) is 7.05. The maximum atomic E-state index is 12.9.